The molecule has 0 saturated carbocycles. The predicted octanol–water partition coefficient (Wildman–Crippen LogP) is 4.10. The first-order valence-electron chi connectivity index (χ1n) is 9.23. The molecular formula is C22H22N2O2S. The highest BCUT2D eigenvalue weighted by molar-refractivity contribution is 7.80. The third-order valence-corrected chi connectivity index (χ3v) is 5.37. The van der Waals surface area contributed by atoms with Crippen molar-refractivity contribution in [2.45, 2.75) is 38.8 Å². The van der Waals surface area contributed by atoms with Gasteiger partial charge in [0.15, 0.2) is 10.9 Å². The van der Waals surface area contributed by atoms with Crippen LogP contribution >= 0.6 is 12.2 Å². The lowest BCUT2D eigenvalue weighted by Crippen LogP contribution is -2.46. The number of carbonyl (C=O) groups is 1. The highest BCUT2D eigenvalue weighted by Gasteiger charge is 2.33. The zero-order chi connectivity index (χ0) is 18.8. The summed E-state index contributed by atoms with van der Waals surface area (Å²) in [5, 5.41) is 6.98. The van der Waals surface area contributed by atoms with Gasteiger partial charge in [-0.1, -0.05) is 36.4 Å². The number of thiocarbonyl (C=S) groups is 1. The molecule has 1 heterocycles. The van der Waals surface area contributed by atoms with E-state index in [9.17, 15) is 4.79 Å². The number of aryl methyl sites for hydroxylation is 1. The van der Waals surface area contributed by atoms with Crippen molar-refractivity contribution in [1.29, 1.82) is 0 Å². The van der Waals surface area contributed by atoms with Gasteiger partial charge in [0.25, 0.3) is 0 Å². The number of ketones is 1. The number of Topliss-reactive ketones (excluding diaryl/α,β-unsaturated/α-hetero) is 1. The number of nitrogens with one attached hydrogen (secondary N) is 2. The Bertz CT molecular complexity index is 918. The minimum absolute atomic E-state index is 0.188. The van der Waals surface area contributed by atoms with Crippen molar-refractivity contribution in [3.63, 3.8) is 0 Å². The molecule has 1 unspecified atom stereocenters. The molecule has 0 aromatic heterocycles. The van der Waals surface area contributed by atoms with Gasteiger partial charge in [0.2, 0.25) is 0 Å². The summed E-state index contributed by atoms with van der Waals surface area (Å²) in [7, 11) is 0. The van der Waals surface area contributed by atoms with Crippen LogP contribution in [0.25, 0.3) is 0 Å². The molecule has 4 nitrogen and oxygen atoms in total. The maximum absolute atomic E-state index is 12.5. The predicted molar refractivity (Wildman–Crippen MR) is 109 cm³/mol. The molecule has 1 atom stereocenters. The first kappa shape index (κ1) is 17.7. The minimum Gasteiger partial charge on any atom is -0.489 e. The minimum atomic E-state index is -0.188. The van der Waals surface area contributed by atoms with Crippen molar-refractivity contribution < 1.29 is 9.53 Å². The van der Waals surface area contributed by atoms with Crippen LogP contribution in [0, 0.1) is 6.92 Å². The highest BCUT2D eigenvalue weighted by Crippen LogP contribution is 2.34. The number of rotatable bonds is 4. The van der Waals surface area contributed by atoms with Crippen molar-refractivity contribution in [2.75, 3.05) is 0 Å². The van der Waals surface area contributed by atoms with Crippen LogP contribution in [0.2, 0.25) is 0 Å². The summed E-state index contributed by atoms with van der Waals surface area (Å²) in [5.41, 5.74) is 5.21. The molecule has 0 spiro atoms. The fourth-order valence-corrected chi connectivity index (χ4v) is 3.89. The van der Waals surface area contributed by atoms with Crippen LogP contribution in [0.4, 0.5) is 0 Å². The third-order valence-electron chi connectivity index (χ3n) is 5.15. The van der Waals surface area contributed by atoms with Crippen molar-refractivity contribution in [3.05, 3.63) is 76.5 Å². The molecule has 0 radical (unpaired) electrons. The topological polar surface area (TPSA) is 50.4 Å². The van der Waals surface area contributed by atoms with E-state index in [1.54, 1.807) is 0 Å². The van der Waals surface area contributed by atoms with E-state index in [2.05, 4.69) is 29.7 Å². The van der Waals surface area contributed by atoms with E-state index in [1.165, 1.54) is 11.1 Å². The van der Waals surface area contributed by atoms with Gasteiger partial charge in [-0.3, -0.25) is 4.79 Å². The van der Waals surface area contributed by atoms with Crippen LogP contribution in [0.15, 0.2) is 59.8 Å². The molecule has 2 aromatic carbocycles. The summed E-state index contributed by atoms with van der Waals surface area (Å²) in [6.45, 7) is 2.62. The van der Waals surface area contributed by atoms with Crippen molar-refractivity contribution in [3.8, 4) is 5.75 Å². The molecule has 0 bridgehead atoms. The summed E-state index contributed by atoms with van der Waals surface area (Å²) in [6.07, 6.45) is 2.35. The van der Waals surface area contributed by atoms with Gasteiger partial charge in [0.05, 0.1) is 6.04 Å². The van der Waals surface area contributed by atoms with Crippen LogP contribution < -0.4 is 15.4 Å². The monoisotopic (exact) mass is 378 g/mol. The summed E-state index contributed by atoms with van der Waals surface area (Å²) >= 11 is 5.33. The van der Waals surface area contributed by atoms with Gasteiger partial charge >= 0.3 is 0 Å². The molecule has 1 aliphatic carbocycles. The van der Waals surface area contributed by atoms with Gasteiger partial charge in [-0.2, -0.15) is 0 Å². The molecule has 27 heavy (non-hydrogen) atoms. The lowest BCUT2D eigenvalue weighted by molar-refractivity contribution is -0.116. The standard InChI is InChI=1S/C22H22N2O2S/c1-14-5-2-3-6-16(14)13-26-17-11-9-15(10-12-17)21-20-18(23-22(27)24-21)7-4-8-19(20)25/h2-3,5-6,9-12,21H,4,7-8,13H2,1H3,(H2,23,24,27). The average molecular weight is 378 g/mol. The molecule has 138 valence electrons. The number of hydrogen-bond donors (Lipinski definition) is 2. The first-order valence-corrected chi connectivity index (χ1v) is 9.63. The highest BCUT2D eigenvalue weighted by atomic mass is 32.1. The van der Waals surface area contributed by atoms with Crippen LogP contribution in [0.1, 0.15) is 42.0 Å². The van der Waals surface area contributed by atoms with E-state index < -0.39 is 0 Å². The SMILES string of the molecule is Cc1ccccc1COc1ccc(C2NC(=S)NC3=C2C(=O)CCC3)cc1. The Hall–Kier alpha value is -2.66. The largest absolute Gasteiger partial charge is 0.489 e. The normalized spacial score (nSPS) is 19.2. The summed E-state index contributed by atoms with van der Waals surface area (Å²) < 4.78 is 5.93. The lowest BCUT2D eigenvalue weighted by atomic mass is 9.85. The second kappa shape index (κ2) is 7.53. The van der Waals surface area contributed by atoms with Gasteiger partial charge in [-0.25, -0.2) is 0 Å². The van der Waals surface area contributed by atoms with E-state index in [4.69, 9.17) is 17.0 Å². The number of carbonyl (C=O) groups excluding carboxylic acids is 1. The van der Waals surface area contributed by atoms with Crippen LogP contribution in [-0.2, 0) is 11.4 Å². The third kappa shape index (κ3) is 3.74. The fraction of sp³-hybridized carbons (Fsp3) is 0.273. The maximum atomic E-state index is 12.5. The van der Waals surface area contributed by atoms with Gasteiger partial charge in [-0.15, -0.1) is 0 Å². The zero-order valence-corrected chi connectivity index (χ0v) is 16.1. The van der Waals surface area contributed by atoms with Crippen LogP contribution in [-0.4, -0.2) is 10.9 Å². The summed E-state index contributed by atoms with van der Waals surface area (Å²) in [6, 6.07) is 15.9. The Morgan fingerprint density at radius 3 is 2.67 bits per heavy atom. The van der Waals surface area contributed by atoms with E-state index in [-0.39, 0.29) is 11.8 Å². The molecule has 2 aromatic rings. The van der Waals surface area contributed by atoms with E-state index in [0.29, 0.717) is 18.1 Å². The van der Waals surface area contributed by atoms with E-state index >= 15 is 0 Å². The van der Waals surface area contributed by atoms with Crippen molar-refractivity contribution in [2.24, 2.45) is 0 Å². The Balaban J connectivity index is 1.52. The van der Waals surface area contributed by atoms with E-state index in [0.717, 1.165) is 35.4 Å². The lowest BCUT2D eigenvalue weighted by Gasteiger charge is -2.33. The van der Waals surface area contributed by atoms with Crippen molar-refractivity contribution in [1.82, 2.24) is 10.6 Å². The Morgan fingerprint density at radius 2 is 1.89 bits per heavy atom. The second-order valence-corrected chi connectivity index (χ2v) is 7.39. The van der Waals surface area contributed by atoms with E-state index in [1.807, 2.05) is 36.4 Å². The van der Waals surface area contributed by atoms with Gasteiger partial charge in [0, 0.05) is 17.7 Å². The summed E-state index contributed by atoms with van der Waals surface area (Å²) in [4.78, 5) is 12.5. The Morgan fingerprint density at radius 1 is 1.11 bits per heavy atom. The number of hydrogen-bond acceptors (Lipinski definition) is 3. The molecule has 2 aliphatic rings. The molecular weight excluding hydrogens is 356 g/mol. The smallest absolute Gasteiger partial charge is 0.171 e. The second-order valence-electron chi connectivity index (χ2n) is 6.98. The first-order chi connectivity index (χ1) is 13.1. The number of allylic oxidation sites excluding steroid dienone is 1. The van der Waals surface area contributed by atoms with Gasteiger partial charge < -0.3 is 15.4 Å². The molecule has 1 aliphatic heterocycles. The molecule has 0 amide bonds. The molecule has 0 fully saturated rings. The molecule has 5 heteroatoms. The quantitative estimate of drug-likeness (QED) is 0.785. The average Bonchev–Trinajstić information content (AvgIpc) is 2.67. The van der Waals surface area contributed by atoms with Gasteiger partial charge in [-0.05, 0) is 60.8 Å². The molecule has 2 N–H and O–H groups in total. The Kier molecular flexibility index (Phi) is 4.94. The number of benzene rings is 2. The molecule has 4 rings (SSSR count). The van der Waals surface area contributed by atoms with Crippen LogP contribution in [0.5, 0.6) is 5.75 Å². The number of ether oxygens (including phenoxy) is 1. The Labute approximate surface area is 164 Å². The fourth-order valence-electron chi connectivity index (χ4n) is 3.64. The summed E-state index contributed by atoms with van der Waals surface area (Å²) in [5.74, 6) is 1.01. The molecule has 0 saturated heterocycles. The van der Waals surface area contributed by atoms with Crippen molar-refractivity contribution >= 4 is 23.1 Å². The maximum Gasteiger partial charge on any atom is 0.171 e. The zero-order valence-electron chi connectivity index (χ0n) is 15.2. The van der Waals surface area contributed by atoms with Crippen LogP contribution in [0.3, 0.4) is 0 Å². The van der Waals surface area contributed by atoms with Gasteiger partial charge in [0.1, 0.15) is 12.4 Å².